The lowest BCUT2D eigenvalue weighted by molar-refractivity contribution is -0.152. The van der Waals surface area contributed by atoms with Crippen molar-refractivity contribution in [1.29, 1.82) is 0 Å². The van der Waals surface area contributed by atoms with Crippen LogP contribution in [0.25, 0.3) is 0 Å². The summed E-state index contributed by atoms with van der Waals surface area (Å²) in [5, 5.41) is -1.23. The lowest BCUT2D eigenvalue weighted by atomic mass is 10.1. The molecule has 0 spiro atoms. The van der Waals surface area contributed by atoms with Crippen molar-refractivity contribution in [2.24, 2.45) is 0 Å². The van der Waals surface area contributed by atoms with Crippen LogP contribution in [0.2, 0.25) is 0 Å². The Labute approximate surface area is 586 Å². The third-order valence-corrected chi connectivity index (χ3v) is 20.6. The Balaban J connectivity index is 5.49. The van der Waals surface area contributed by atoms with Crippen molar-refractivity contribution in [3.8, 4) is 0 Å². The molecule has 0 aliphatic carbocycles. The number of hydrogen-bond acceptors (Lipinski definition) is 23. The predicted octanol–water partition coefficient (Wildman–Crippen LogP) is 14.1. The van der Waals surface area contributed by atoms with Crippen molar-refractivity contribution in [2.45, 2.75) is 269 Å². The summed E-state index contributed by atoms with van der Waals surface area (Å²) in [6.45, 7) is 19.5. The Morgan fingerprint density at radius 3 is 0.691 bits per heavy atom. The molecule has 0 bridgehead atoms. The summed E-state index contributed by atoms with van der Waals surface area (Å²) in [5.41, 5.74) is 0. The molecule has 0 N–H and O–H groups in total. The molecule has 23 heteroatoms. The molecular formula is C71H131N3O16S4. The zero-order chi connectivity index (χ0) is 69.5. The summed E-state index contributed by atoms with van der Waals surface area (Å²) in [6, 6.07) is 0. The van der Waals surface area contributed by atoms with Gasteiger partial charge in [-0.15, -0.1) is 47.0 Å². The number of carbonyl (C=O) groups is 8. The molecule has 0 heterocycles. The van der Waals surface area contributed by atoms with E-state index in [0.717, 1.165) is 74.4 Å². The maximum absolute atomic E-state index is 13.0. The van der Waals surface area contributed by atoms with Gasteiger partial charge in [0.1, 0.15) is 52.9 Å². The van der Waals surface area contributed by atoms with Crippen LogP contribution < -0.4 is 0 Å². The maximum atomic E-state index is 13.0. The summed E-state index contributed by atoms with van der Waals surface area (Å²) in [7, 11) is 2.01. The largest absolute Gasteiger partial charge is 0.462 e. The van der Waals surface area contributed by atoms with E-state index in [-0.39, 0.29) is 123 Å². The summed E-state index contributed by atoms with van der Waals surface area (Å²) >= 11 is 6.31. The maximum Gasteiger partial charge on any atom is 0.318 e. The quantitative estimate of drug-likeness (QED) is 0.0314. The fraction of sp³-hybridized carbons (Fsp3) is 0.887. The lowest BCUT2D eigenvalue weighted by Crippen LogP contribution is -2.34. The lowest BCUT2D eigenvalue weighted by Gasteiger charge is -2.25. The first kappa shape index (κ1) is 91.0. The minimum absolute atomic E-state index is 0.0335. The van der Waals surface area contributed by atoms with Crippen LogP contribution in [0.15, 0.2) is 0 Å². The monoisotopic (exact) mass is 1410 g/mol. The molecule has 19 nitrogen and oxygen atoms in total. The number of nitrogens with zero attached hydrogens (tertiary/aromatic N) is 3. The molecule has 0 fully saturated rings. The Hall–Kier alpha value is -2.96. The molecule has 0 aromatic heterocycles. The SMILES string of the molecule is CCCCCCCCSC(C)C(=O)OCCOC(=O)CCN(CCCN(C)CCCN(CCC(=O)OCCOC(=O)C(C)SCCCCCCCC)CCC(=O)OCCOC(=O)C(C)SCCCCCCCC)CCC(=O)OCCOC(=O)C(C)SCCCCCCCC. The molecule has 94 heavy (non-hydrogen) atoms. The molecule has 0 amide bonds. The van der Waals surface area contributed by atoms with Gasteiger partial charge in [0.2, 0.25) is 0 Å². The average Bonchev–Trinajstić information content (AvgIpc) is 3.63. The van der Waals surface area contributed by atoms with Crippen molar-refractivity contribution < 1.29 is 76.3 Å². The summed E-state index contributed by atoms with van der Waals surface area (Å²) < 4.78 is 43.4. The molecule has 0 saturated heterocycles. The molecule has 0 aromatic carbocycles. The highest BCUT2D eigenvalue weighted by Crippen LogP contribution is 2.20. The molecule has 0 radical (unpaired) electrons. The molecule has 550 valence electrons. The van der Waals surface area contributed by atoms with Crippen molar-refractivity contribution >= 4 is 94.8 Å². The van der Waals surface area contributed by atoms with Gasteiger partial charge in [-0.2, -0.15) is 0 Å². The van der Waals surface area contributed by atoms with E-state index >= 15 is 0 Å². The highest BCUT2D eigenvalue weighted by Gasteiger charge is 2.21. The van der Waals surface area contributed by atoms with Gasteiger partial charge in [0.15, 0.2) is 0 Å². The number of ether oxygens (including phenoxy) is 8. The summed E-state index contributed by atoms with van der Waals surface area (Å²) in [6.07, 6.45) is 30.1. The topological polar surface area (TPSA) is 220 Å². The second-order valence-electron chi connectivity index (χ2n) is 24.4. The fourth-order valence-corrected chi connectivity index (χ4v) is 13.4. The van der Waals surface area contributed by atoms with E-state index in [0.29, 0.717) is 65.2 Å². The van der Waals surface area contributed by atoms with Gasteiger partial charge in [0, 0.05) is 26.2 Å². The van der Waals surface area contributed by atoms with E-state index in [9.17, 15) is 38.4 Å². The number of rotatable bonds is 68. The van der Waals surface area contributed by atoms with Gasteiger partial charge in [-0.3, -0.25) is 38.4 Å². The number of esters is 8. The second kappa shape index (κ2) is 65.9. The van der Waals surface area contributed by atoms with E-state index in [1.807, 2.05) is 44.5 Å². The van der Waals surface area contributed by atoms with Gasteiger partial charge in [0.05, 0.1) is 46.7 Å². The van der Waals surface area contributed by atoms with Crippen LogP contribution in [0.3, 0.4) is 0 Å². The molecule has 0 aliphatic rings. The first-order valence-corrected chi connectivity index (χ1v) is 40.6. The highest BCUT2D eigenvalue weighted by molar-refractivity contribution is 8.01. The van der Waals surface area contributed by atoms with Gasteiger partial charge in [-0.25, -0.2) is 0 Å². The first-order valence-electron chi connectivity index (χ1n) is 36.4. The van der Waals surface area contributed by atoms with Crippen LogP contribution in [0.1, 0.15) is 248 Å². The predicted molar refractivity (Wildman–Crippen MR) is 387 cm³/mol. The molecular weight excluding hydrogens is 1280 g/mol. The molecule has 0 aromatic rings. The number of thioether (sulfide) groups is 4. The molecule has 0 saturated carbocycles. The van der Waals surface area contributed by atoms with Gasteiger partial charge in [0.25, 0.3) is 0 Å². The molecule has 0 rings (SSSR count). The average molecular weight is 1410 g/mol. The zero-order valence-electron chi connectivity index (χ0n) is 60.2. The molecule has 0 aliphatic heterocycles. The Kier molecular flexibility index (Phi) is 63.9. The second-order valence-corrected chi connectivity index (χ2v) is 30.2. The van der Waals surface area contributed by atoms with Crippen LogP contribution in [0.5, 0.6) is 0 Å². The van der Waals surface area contributed by atoms with Crippen LogP contribution in [0.4, 0.5) is 0 Å². The van der Waals surface area contributed by atoms with Crippen molar-refractivity contribution in [3.63, 3.8) is 0 Å². The van der Waals surface area contributed by atoms with Crippen LogP contribution in [0, 0.1) is 0 Å². The van der Waals surface area contributed by atoms with E-state index in [1.54, 1.807) is 47.0 Å². The van der Waals surface area contributed by atoms with E-state index in [4.69, 9.17) is 37.9 Å². The first-order chi connectivity index (χ1) is 45.5. The third-order valence-electron chi connectivity index (χ3n) is 15.7. The molecule has 4 atom stereocenters. The van der Waals surface area contributed by atoms with Crippen molar-refractivity contribution in [2.75, 3.05) is 135 Å². The molecule has 4 unspecified atom stereocenters. The summed E-state index contributed by atoms with van der Waals surface area (Å²) in [4.78, 5) is 108. The minimum Gasteiger partial charge on any atom is -0.462 e. The Morgan fingerprint density at radius 2 is 0.468 bits per heavy atom. The minimum atomic E-state index is -0.448. The zero-order valence-corrected chi connectivity index (χ0v) is 63.4. The number of carbonyl (C=O) groups excluding carboxylic acids is 8. The smallest absolute Gasteiger partial charge is 0.318 e. The number of hydrogen-bond donors (Lipinski definition) is 0. The van der Waals surface area contributed by atoms with Crippen LogP contribution in [-0.2, 0) is 76.3 Å². The Bertz CT molecular complexity index is 1660. The van der Waals surface area contributed by atoms with Crippen LogP contribution in [-0.4, -0.2) is 219 Å². The van der Waals surface area contributed by atoms with Gasteiger partial charge >= 0.3 is 47.8 Å². The van der Waals surface area contributed by atoms with E-state index in [2.05, 4.69) is 32.6 Å². The van der Waals surface area contributed by atoms with E-state index in [1.165, 1.54) is 103 Å². The van der Waals surface area contributed by atoms with E-state index < -0.39 is 23.9 Å². The number of unbranched alkanes of at least 4 members (excludes halogenated alkanes) is 20. The van der Waals surface area contributed by atoms with Crippen LogP contribution >= 0.6 is 47.0 Å². The highest BCUT2D eigenvalue weighted by atomic mass is 32.2. The Morgan fingerprint density at radius 1 is 0.266 bits per heavy atom. The summed E-state index contributed by atoms with van der Waals surface area (Å²) in [5.74, 6) is 0.460. The van der Waals surface area contributed by atoms with Gasteiger partial charge < -0.3 is 52.6 Å². The van der Waals surface area contributed by atoms with Gasteiger partial charge in [-0.1, -0.05) is 156 Å². The van der Waals surface area contributed by atoms with Crippen molar-refractivity contribution in [3.05, 3.63) is 0 Å². The standard InChI is InChI=1S/C71H131N3O16S4/c1-10-14-18-22-26-30-56-91-60(5)68(79)87-52-48-83-64(75)36-44-73(45-37-65(76)84-49-53-88-69(80)61(6)92-57-31-27-23-19-15-11-2)42-34-40-72(9)41-35-43-74(46-38-66(77)85-50-54-89-70(81)62(7)93-58-32-28-24-20-16-12-3)47-39-67(78)86-51-55-90-71(82)63(8)94-59-33-29-25-21-17-13-4/h60-63H,10-59H2,1-9H3. The van der Waals surface area contributed by atoms with Crippen molar-refractivity contribution in [1.82, 2.24) is 14.7 Å². The normalized spacial score (nSPS) is 12.7. The fourth-order valence-electron chi connectivity index (χ4n) is 9.70. The van der Waals surface area contributed by atoms with Gasteiger partial charge in [-0.05, 0) is 122 Å². The third kappa shape index (κ3) is 58.0.